The van der Waals surface area contributed by atoms with Crippen molar-refractivity contribution in [2.75, 3.05) is 20.3 Å². The fourth-order valence-electron chi connectivity index (χ4n) is 4.57. The van der Waals surface area contributed by atoms with Crippen LogP contribution in [-0.4, -0.2) is 47.6 Å². The summed E-state index contributed by atoms with van der Waals surface area (Å²) in [5.41, 5.74) is 2.92. The number of methoxy groups -OCH3 is 1. The molecule has 1 fully saturated rings. The third kappa shape index (κ3) is 4.19. The van der Waals surface area contributed by atoms with Gasteiger partial charge in [0, 0.05) is 19.1 Å². The molecule has 1 saturated heterocycles. The highest BCUT2D eigenvalue weighted by atomic mass is 16.5. The normalized spacial score (nSPS) is 19.1. The van der Waals surface area contributed by atoms with Crippen LogP contribution in [0, 0.1) is 0 Å². The highest BCUT2D eigenvalue weighted by Crippen LogP contribution is 2.27. The third-order valence-electron chi connectivity index (χ3n) is 6.42. The monoisotopic (exact) mass is 425 g/mol. The van der Waals surface area contributed by atoms with Crippen molar-refractivity contribution in [1.82, 2.24) is 14.8 Å². The minimum atomic E-state index is -0.176. The molecule has 166 valence electrons. The van der Waals surface area contributed by atoms with Gasteiger partial charge in [-0.25, -0.2) is 0 Å². The standard InChI is InChI=1S/C24H31N3O4/c1-4-20(17-7-9-18(30-3)10-8-17)25-23(28)19-14-21(27-12-13-31-15-22(19)27)24(29)26-11-5-6-16(26)2/h7-10,14,16,20H,4-6,11-13,15H2,1-3H3,(H,25,28)/t16?,20-/m1/s1. The summed E-state index contributed by atoms with van der Waals surface area (Å²) in [5, 5.41) is 3.14. The van der Waals surface area contributed by atoms with Crippen molar-refractivity contribution in [3.63, 3.8) is 0 Å². The third-order valence-corrected chi connectivity index (χ3v) is 6.42. The molecule has 1 unspecified atom stereocenters. The molecule has 2 aromatic rings. The topological polar surface area (TPSA) is 72.8 Å². The lowest BCUT2D eigenvalue weighted by atomic mass is 10.0. The van der Waals surface area contributed by atoms with Gasteiger partial charge in [-0.05, 0) is 49.9 Å². The van der Waals surface area contributed by atoms with Gasteiger partial charge in [-0.15, -0.1) is 0 Å². The van der Waals surface area contributed by atoms with Gasteiger partial charge in [-0.3, -0.25) is 9.59 Å². The van der Waals surface area contributed by atoms with Crippen LogP contribution in [0.1, 0.15) is 71.3 Å². The maximum atomic E-state index is 13.3. The van der Waals surface area contributed by atoms with Crippen molar-refractivity contribution in [2.45, 2.75) is 58.3 Å². The number of carbonyl (C=O) groups excluding carboxylic acids is 2. The zero-order valence-corrected chi connectivity index (χ0v) is 18.5. The Morgan fingerprint density at radius 1 is 1.26 bits per heavy atom. The van der Waals surface area contributed by atoms with Crippen molar-refractivity contribution in [3.05, 3.63) is 52.8 Å². The Hall–Kier alpha value is -2.80. The first-order valence-electron chi connectivity index (χ1n) is 11.1. The van der Waals surface area contributed by atoms with Crippen molar-refractivity contribution < 1.29 is 19.1 Å². The number of fused-ring (bicyclic) bond motifs is 1. The predicted molar refractivity (Wildman–Crippen MR) is 117 cm³/mol. The van der Waals surface area contributed by atoms with E-state index >= 15 is 0 Å². The number of aromatic nitrogens is 1. The molecule has 1 N–H and O–H groups in total. The van der Waals surface area contributed by atoms with E-state index in [0.29, 0.717) is 31.0 Å². The van der Waals surface area contributed by atoms with E-state index in [1.807, 2.05) is 40.7 Å². The van der Waals surface area contributed by atoms with E-state index < -0.39 is 0 Å². The maximum absolute atomic E-state index is 13.3. The molecule has 0 radical (unpaired) electrons. The van der Waals surface area contributed by atoms with Crippen LogP contribution in [0.2, 0.25) is 0 Å². The van der Waals surface area contributed by atoms with Crippen molar-refractivity contribution in [3.8, 4) is 5.75 Å². The molecule has 2 atom stereocenters. The zero-order chi connectivity index (χ0) is 22.0. The molecule has 7 nitrogen and oxygen atoms in total. The van der Waals surface area contributed by atoms with E-state index in [9.17, 15) is 9.59 Å². The average Bonchev–Trinajstić information content (AvgIpc) is 3.41. The maximum Gasteiger partial charge on any atom is 0.270 e. The number of benzene rings is 1. The van der Waals surface area contributed by atoms with Crippen LogP contribution < -0.4 is 10.1 Å². The van der Waals surface area contributed by atoms with E-state index in [-0.39, 0.29) is 23.9 Å². The molecule has 0 spiro atoms. The lowest BCUT2D eigenvalue weighted by Gasteiger charge is -2.24. The van der Waals surface area contributed by atoms with E-state index in [4.69, 9.17) is 9.47 Å². The van der Waals surface area contributed by atoms with Crippen molar-refractivity contribution in [1.29, 1.82) is 0 Å². The predicted octanol–water partition coefficient (Wildman–Crippen LogP) is 3.53. The Balaban J connectivity index is 1.60. The van der Waals surface area contributed by atoms with Gasteiger partial charge in [-0.1, -0.05) is 19.1 Å². The number of likely N-dealkylation sites (tertiary alicyclic amines) is 1. The summed E-state index contributed by atoms with van der Waals surface area (Å²) in [6.45, 7) is 6.36. The summed E-state index contributed by atoms with van der Waals surface area (Å²) in [5.74, 6) is 0.614. The van der Waals surface area contributed by atoms with Crippen LogP contribution in [0.5, 0.6) is 5.75 Å². The molecule has 1 aromatic heterocycles. The van der Waals surface area contributed by atoms with Gasteiger partial charge < -0.3 is 24.3 Å². The summed E-state index contributed by atoms with van der Waals surface area (Å²) in [4.78, 5) is 28.4. The number of rotatable bonds is 6. The van der Waals surface area contributed by atoms with Crippen LogP contribution in [-0.2, 0) is 17.9 Å². The minimum absolute atomic E-state index is 0.00870. The Kier molecular flexibility index (Phi) is 6.32. The fraction of sp³-hybridized carbons (Fsp3) is 0.500. The Labute approximate surface area is 183 Å². The molecule has 1 aromatic carbocycles. The number of hydrogen-bond donors (Lipinski definition) is 1. The molecular formula is C24H31N3O4. The SMILES string of the molecule is CC[C@@H](NC(=O)c1cc(C(=O)N2CCCC2C)n2c1COCC2)c1ccc(OC)cc1. The number of nitrogens with one attached hydrogen (secondary N) is 1. The quantitative estimate of drug-likeness (QED) is 0.769. The second-order valence-electron chi connectivity index (χ2n) is 8.29. The minimum Gasteiger partial charge on any atom is -0.497 e. The molecule has 4 rings (SSSR count). The lowest BCUT2D eigenvalue weighted by Crippen LogP contribution is -2.35. The number of amides is 2. The Morgan fingerprint density at radius 2 is 2.03 bits per heavy atom. The van der Waals surface area contributed by atoms with E-state index in [0.717, 1.165) is 42.8 Å². The summed E-state index contributed by atoms with van der Waals surface area (Å²) < 4.78 is 12.8. The van der Waals surface area contributed by atoms with Gasteiger partial charge in [0.25, 0.3) is 11.8 Å². The summed E-state index contributed by atoms with van der Waals surface area (Å²) in [6.07, 6.45) is 2.80. The molecule has 0 bridgehead atoms. The van der Waals surface area contributed by atoms with Crippen LogP contribution in [0.15, 0.2) is 30.3 Å². The van der Waals surface area contributed by atoms with Gasteiger partial charge in [0.2, 0.25) is 0 Å². The van der Waals surface area contributed by atoms with Gasteiger partial charge in [0.1, 0.15) is 11.4 Å². The lowest BCUT2D eigenvalue weighted by molar-refractivity contribution is 0.0683. The number of hydrogen-bond acceptors (Lipinski definition) is 4. The van der Waals surface area contributed by atoms with Crippen LogP contribution in [0.3, 0.4) is 0 Å². The van der Waals surface area contributed by atoms with Crippen LogP contribution in [0.4, 0.5) is 0 Å². The van der Waals surface area contributed by atoms with Crippen LogP contribution in [0.25, 0.3) is 0 Å². The van der Waals surface area contributed by atoms with Crippen LogP contribution >= 0.6 is 0 Å². The summed E-state index contributed by atoms with van der Waals surface area (Å²) >= 11 is 0. The number of carbonyl (C=O) groups is 2. The second-order valence-corrected chi connectivity index (χ2v) is 8.29. The first kappa shape index (κ1) is 21.4. The summed E-state index contributed by atoms with van der Waals surface area (Å²) in [6, 6.07) is 9.59. The summed E-state index contributed by atoms with van der Waals surface area (Å²) in [7, 11) is 1.63. The van der Waals surface area contributed by atoms with Crippen molar-refractivity contribution >= 4 is 11.8 Å². The molecule has 2 aliphatic heterocycles. The Morgan fingerprint density at radius 3 is 2.68 bits per heavy atom. The Bertz CT molecular complexity index is 950. The van der Waals surface area contributed by atoms with E-state index in [1.165, 1.54) is 0 Å². The molecule has 0 saturated carbocycles. The largest absolute Gasteiger partial charge is 0.497 e. The van der Waals surface area contributed by atoms with Crippen molar-refractivity contribution in [2.24, 2.45) is 0 Å². The number of nitrogens with zero attached hydrogens (tertiary/aromatic N) is 2. The molecule has 2 aliphatic rings. The zero-order valence-electron chi connectivity index (χ0n) is 18.5. The average molecular weight is 426 g/mol. The van der Waals surface area contributed by atoms with Gasteiger partial charge in [-0.2, -0.15) is 0 Å². The highest BCUT2D eigenvalue weighted by Gasteiger charge is 2.32. The highest BCUT2D eigenvalue weighted by molar-refractivity contribution is 6.01. The van der Waals surface area contributed by atoms with E-state index in [2.05, 4.69) is 12.2 Å². The molecule has 2 amide bonds. The molecule has 7 heteroatoms. The van der Waals surface area contributed by atoms with Gasteiger partial charge >= 0.3 is 0 Å². The molecule has 31 heavy (non-hydrogen) atoms. The van der Waals surface area contributed by atoms with Gasteiger partial charge in [0.05, 0.1) is 37.6 Å². The first-order valence-corrected chi connectivity index (χ1v) is 11.1. The smallest absolute Gasteiger partial charge is 0.270 e. The molecular weight excluding hydrogens is 394 g/mol. The fourth-order valence-corrected chi connectivity index (χ4v) is 4.57. The molecule has 0 aliphatic carbocycles. The molecule has 3 heterocycles. The number of ether oxygens (including phenoxy) is 2. The first-order chi connectivity index (χ1) is 15.0. The van der Waals surface area contributed by atoms with E-state index in [1.54, 1.807) is 13.2 Å². The second kappa shape index (κ2) is 9.14. The van der Waals surface area contributed by atoms with Gasteiger partial charge in [0.15, 0.2) is 0 Å².